The van der Waals surface area contributed by atoms with Gasteiger partial charge in [0.2, 0.25) is 0 Å². The van der Waals surface area contributed by atoms with Crippen LogP contribution in [0, 0.1) is 0 Å². The minimum Gasteiger partial charge on any atom is -0.462 e. The van der Waals surface area contributed by atoms with Crippen LogP contribution in [0.5, 0.6) is 0 Å². The lowest BCUT2D eigenvalue weighted by atomic mass is 10.0. The van der Waals surface area contributed by atoms with Gasteiger partial charge in [-0.15, -0.1) is 0 Å². The zero-order chi connectivity index (χ0) is 36.8. The standard InChI is InChI=1S/C40H72NO8P/c1-3-5-7-9-11-13-15-17-18-19-20-21-23-25-27-29-31-33-40(43)49-38(37-48-50(44,45)47-35-34-41)36-46-39(42)32-30-28-26-24-22-16-14-12-10-8-6-4-2/h5,7,11,13,17-18,20-21,38H,3-4,6,8-10,12,14-16,19,22-37,41H2,1-2H3,(H,44,45)/t38-/m1/s1. The first kappa shape index (κ1) is 48.0. The average Bonchev–Trinajstić information content (AvgIpc) is 3.10. The third kappa shape index (κ3) is 35.8. The van der Waals surface area contributed by atoms with E-state index in [9.17, 15) is 19.0 Å². The first-order valence-electron chi connectivity index (χ1n) is 19.6. The molecule has 0 spiro atoms. The molecule has 0 bridgehead atoms. The summed E-state index contributed by atoms with van der Waals surface area (Å²) in [4.78, 5) is 34.7. The number of esters is 2. The Morgan fingerprint density at radius 2 is 1.10 bits per heavy atom. The van der Waals surface area contributed by atoms with Gasteiger partial charge in [-0.3, -0.25) is 18.6 Å². The predicted octanol–water partition coefficient (Wildman–Crippen LogP) is 10.8. The number of nitrogens with two attached hydrogens (primary N) is 1. The molecule has 1 unspecified atom stereocenters. The Morgan fingerprint density at radius 1 is 0.620 bits per heavy atom. The molecule has 2 atom stereocenters. The number of rotatable bonds is 36. The molecule has 0 aliphatic heterocycles. The van der Waals surface area contributed by atoms with Crippen molar-refractivity contribution in [2.75, 3.05) is 26.4 Å². The van der Waals surface area contributed by atoms with Crippen LogP contribution in [0.3, 0.4) is 0 Å². The quantitative estimate of drug-likeness (QED) is 0.0280. The Kier molecular flexibility index (Phi) is 35.3. The van der Waals surface area contributed by atoms with E-state index in [-0.39, 0.29) is 32.6 Å². The summed E-state index contributed by atoms with van der Waals surface area (Å²) in [5.41, 5.74) is 5.33. The van der Waals surface area contributed by atoms with Gasteiger partial charge in [0.25, 0.3) is 0 Å². The molecule has 0 amide bonds. The second kappa shape index (κ2) is 36.8. The molecule has 3 N–H and O–H groups in total. The molecular weight excluding hydrogens is 653 g/mol. The Bertz CT molecular complexity index is 965. The summed E-state index contributed by atoms with van der Waals surface area (Å²) in [6, 6.07) is 0. The lowest BCUT2D eigenvalue weighted by Gasteiger charge is -2.19. The number of carbonyl (C=O) groups excluding carboxylic acids is 2. The Hall–Kier alpha value is -2.03. The van der Waals surface area contributed by atoms with Crippen LogP contribution < -0.4 is 5.73 Å². The maximum absolute atomic E-state index is 12.5. The van der Waals surface area contributed by atoms with Crippen LogP contribution in [0.15, 0.2) is 48.6 Å². The molecular formula is C40H72NO8P. The Labute approximate surface area is 305 Å². The van der Waals surface area contributed by atoms with Crippen molar-refractivity contribution in [1.82, 2.24) is 0 Å². The zero-order valence-corrected chi connectivity index (χ0v) is 32.5. The summed E-state index contributed by atoms with van der Waals surface area (Å²) < 4.78 is 32.6. The van der Waals surface area contributed by atoms with E-state index in [1.54, 1.807) is 0 Å². The van der Waals surface area contributed by atoms with Gasteiger partial charge in [-0.05, 0) is 51.4 Å². The van der Waals surface area contributed by atoms with Gasteiger partial charge in [-0.25, -0.2) is 4.57 Å². The van der Waals surface area contributed by atoms with Gasteiger partial charge in [0.1, 0.15) is 6.61 Å². The second-order valence-corrected chi connectivity index (χ2v) is 14.2. The molecule has 10 heteroatoms. The molecule has 0 saturated heterocycles. The number of allylic oxidation sites excluding steroid dienone is 8. The topological polar surface area (TPSA) is 134 Å². The molecule has 0 aliphatic rings. The minimum absolute atomic E-state index is 0.0481. The molecule has 0 rings (SSSR count). The van der Waals surface area contributed by atoms with Crippen molar-refractivity contribution in [3.63, 3.8) is 0 Å². The normalized spacial score (nSPS) is 13.9. The van der Waals surface area contributed by atoms with Crippen LogP contribution in [0.1, 0.15) is 162 Å². The van der Waals surface area contributed by atoms with Crippen LogP contribution in [-0.2, 0) is 32.7 Å². The summed E-state index contributed by atoms with van der Waals surface area (Å²) in [6.45, 7) is 3.57. The molecule has 0 aromatic carbocycles. The number of carbonyl (C=O) groups is 2. The van der Waals surface area contributed by atoms with Crippen molar-refractivity contribution in [2.45, 2.75) is 168 Å². The monoisotopic (exact) mass is 725 g/mol. The summed E-state index contributed by atoms with van der Waals surface area (Å²) in [6.07, 6.45) is 39.9. The fourth-order valence-electron chi connectivity index (χ4n) is 5.09. The third-order valence-electron chi connectivity index (χ3n) is 7.98. The first-order chi connectivity index (χ1) is 24.3. The molecule has 0 radical (unpaired) electrons. The molecule has 0 aromatic rings. The third-order valence-corrected chi connectivity index (χ3v) is 8.96. The SMILES string of the molecule is CCC=CCC=CCC=CCC=CCCCCCCC(=O)O[C@H](COC(=O)CCCCCCCCCCCCCC)COP(=O)(O)OCCN. The highest BCUT2D eigenvalue weighted by molar-refractivity contribution is 7.47. The van der Waals surface area contributed by atoms with Crippen LogP contribution in [0.2, 0.25) is 0 Å². The summed E-state index contributed by atoms with van der Waals surface area (Å²) in [7, 11) is -4.38. The second-order valence-electron chi connectivity index (χ2n) is 12.8. The van der Waals surface area contributed by atoms with Gasteiger partial charge in [0.15, 0.2) is 6.10 Å². The van der Waals surface area contributed by atoms with E-state index in [1.807, 2.05) is 0 Å². The van der Waals surface area contributed by atoms with E-state index >= 15 is 0 Å². The molecule has 0 aliphatic carbocycles. The Morgan fingerprint density at radius 3 is 1.64 bits per heavy atom. The van der Waals surface area contributed by atoms with Crippen molar-refractivity contribution in [1.29, 1.82) is 0 Å². The zero-order valence-electron chi connectivity index (χ0n) is 31.6. The Balaban J connectivity index is 4.26. The number of hydrogen-bond donors (Lipinski definition) is 2. The van der Waals surface area contributed by atoms with Crippen LogP contribution in [0.4, 0.5) is 0 Å². The highest BCUT2D eigenvalue weighted by atomic mass is 31.2. The maximum Gasteiger partial charge on any atom is 0.472 e. The number of hydrogen-bond acceptors (Lipinski definition) is 8. The first-order valence-corrected chi connectivity index (χ1v) is 21.1. The molecule has 0 aromatic heterocycles. The van der Waals surface area contributed by atoms with Gasteiger partial charge in [0, 0.05) is 19.4 Å². The fourth-order valence-corrected chi connectivity index (χ4v) is 5.86. The van der Waals surface area contributed by atoms with E-state index < -0.39 is 32.5 Å². The van der Waals surface area contributed by atoms with Gasteiger partial charge >= 0.3 is 19.8 Å². The van der Waals surface area contributed by atoms with Gasteiger partial charge in [-0.2, -0.15) is 0 Å². The number of ether oxygens (including phenoxy) is 2. The fraction of sp³-hybridized carbons (Fsp3) is 0.750. The highest BCUT2D eigenvalue weighted by Gasteiger charge is 2.25. The lowest BCUT2D eigenvalue weighted by molar-refractivity contribution is -0.161. The summed E-state index contributed by atoms with van der Waals surface area (Å²) in [5.74, 6) is -0.858. The molecule has 0 heterocycles. The van der Waals surface area contributed by atoms with Gasteiger partial charge in [-0.1, -0.05) is 146 Å². The van der Waals surface area contributed by atoms with Gasteiger partial charge in [0.05, 0.1) is 13.2 Å². The molecule has 9 nitrogen and oxygen atoms in total. The van der Waals surface area contributed by atoms with Gasteiger partial charge < -0.3 is 20.1 Å². The van der Waals surface area contributed by atoms with E-state index in [4.69, 9.17) is 24.3 Å². The maximum atomic E-state index is 12.5. The summed E-state index contributed by atoms with van der Waals surface area (Å²) in [5, 5.41) is 0. The smallest absolute Gasteiger partial charge is 0.462 e. The average molecular weight is 726 g/mol. The van der Waals surface area contributed by atoms with E-state index in [2.05, 4.69) is 62.5 Å². The van der Waals surface area contributed by atoms with Crippen molar-refractivity contribution >= 4 is 19.8 Å². The van der Waals surface area contributed by atoms with Crippen LogP contribution >= 0.6 is 7.82 Å². The molecule has 0 saturated carbocycles. The molecule has 50 heavy (non-hydrogen) atoms. The van der Waals surface area contributed by atoms with E-state index in [0.29, 0.717) is 6.42 Å². The molecule has 290 valence electrons. The van der Waals surface area contributed by atoms with Crippen molar-refractivity contribution in [3.05, 3.63) is 48.6 Å². The van der Waals surface area contributed by atoms with Crippen molar-refractivity contribution in [3.8, 4) is 0 Å². The number of phosphoric acid groups is 1. The van der Waals surface area contributed by atoms with E-state index in [1.165, 1.54) is 57.8 Å². The lowest BCUT2D eigenvalue weighted by Crippen LogP contribution is -2.29. The largest absolute Gasteiger partial charge is 0.472 e. The number of unbranched alkanes of at least 4 members (excludes halogenated alkanes) is 15. The summed E-state index contributed by atoms with van der Waals surface area (Å²) >= 11 is 0. The highest BCUT2D eigenvalue weighted by Crippen LogP contribution is 2.43. The van der Waals surface area contributed by atoms with Crippen LogP contribution in [-0.4, -0.2) is 49.3 Å². The van der Waals surface area contributed by atoms with Crippen molar-refractivity contribution in [2.24, 2.45) is 5.73 Å². The van der Waals surface area contributed by atoms with Crippen molar-refractivity contribution < 1.29 is 37.6 Å². The number of phosphoric ester groups is 1. The predicted molar refractivity (Wildman–Crippen MR) is 206 cm³/mol. The van der Waals surface area contributed by atoms with E-state index in [0.717, 1.165) is 70.6 Å². The minimum atomic E-state index is -4.38. The molecule has 0 fully saturated rings. The van der Waals surface area contributed by atoms with Crippen LogP contribution in [0.25, 0.3) is 0 Å².